The van der Waals surface area contributed by atoms with Crippen LogP contribution in [-0.2, 0) is 0 Å². The summed E-state index contributed by atoms with van der Waals surface area (Å²) in [5, 5.41) is 8.66. The molecule has 2 aromatic rings. The zero-order valence-corrected chi connectivity index (χ0v) is 9.29. The van der Waals surface area contributed by atoms with Crippen molar-refractivity contribution in [3.05, 3.63) is 42.1 Å². The number of nitriles is 1. The maximum absolute atomic E-state index is 8.66. The molecule has 0 fully saturated rings. The van der Waals surface area contributed by atoms with Gasteiger partial charge in [-0.3, -0.25) is 0 Å². The lowest BCUT2D eigenvalue weighted by Gasteiger charge is -2.05. The van der Waals surface area contributed by atoms with Crippen molar-refractivity contribution in [3.8, 4) is 29.2 Å². The molecule has 5 heteroatoms. The Morgan fingerprint density at radius 3 is 2.83 bits per heavy atom. The van der Waals surface area contributed by atoms with Crippen molar-refractivity contribution in [1.82, 2.24) is 4.98 Å². The van der Waals surface area contributed by atoms with Crippen LogP contribution < -0.4 is 14.2 Å². The van der Waals surface area contributed by atoms with Crippen molar-refractivity contribution in [2.45, 2.75) is 0 Å². The molecule has 3 rings (SSSR count). The van der Waals surface area contributed by atoms with E-state index in [4.69, 9.17) is 19.5 Å². The summed E-state index contributed by atoms with van der Waals surface area (Å²) in [6.45, 7) is 0.230. The van der Waals surface area contributed by atoms with E-state index in [1.165, 1.54) is 6.20 Å². The Hall–Kier alpha value is -2.74. The van der Waals surface area contributed by atoms with E-state index in [1.807, 2.05) is 6.07 Å². The van der Waals surface area contributed by atoms with Crippen molar-refractivity contribution < 1.29 is 14.2 Å². The van der Waals surface area contributed by atoms with Gasteiger partial charge < -0.3 is 14.2 Å². The largest absolute Gasteiger partial charge is 0.454 e. The van der Waals surface area contributed by atoms with E-state index in [-0.39, 0.29) is 6.79 Å². The molecule has 0 spiro atoms. The Morgan fingerprint density at radius 1 is 1.17 bits per heavy atom. The highest BCUT2D eigenvalue weighted by atomic mass is 16.7. The van der Waals surface area contributed by atoms with Crippen LogP contribution in [0, 0.1) is 11.3 Å². The minimum absolute atomic E-state index is 0.230. The molecule has 0 bridgehead atoms. The smallest absolute Gasteiger partial charge is 0.231 e. The molecule has 0 saturated carbocycles. The fraction of sp³-hybridized carbons (Fsp3) is 0.0769. The molecule has 0 amide bonds. The lowest BCUT2D eigenvalue weighted by molar-refractivity contribution is 0.174. The second kappa shape index (κ2) is 4.26. The molecule has 1 aromatic heterocycles. The first-order chi connectivity index (χ1) is 8.85. The number of nitrogens with zero attached hydrogens (tertiary/aromatic N) is 2. The molecular weight excluding hydrogens is 232 g/mol. The maximum atomic E-state index is 8.66. The van der Waals surface area contributed by atoms with Crippen molar-refractivity contribution in [2.24, 2.45) is 0 Å². The van der Waals surface area contributed by atoms with E-state index in [0.29, 0.717) is 28.7 Å². The van der Waals surface area contributed by atoms with Crippen LogP contribution in [0.3, 0.4) is 0 Å². The van der Waals surface area contributed by atoms with Crippen LogP contribution in [0.25, 0.3) is 0 Å². The van der Waals surface area contributed by atoms with Crippen LogP contribution in [0.1, 0.15) is 5.56 Å². The molecule has 2 heterocycles. The maximum Gasteiger partial charge on any atom is 0.231 e. The third-order valence-electron chi connectivity index (χ3n) is 2.43. The van der Waals surface area contributed by atoms with Gasteiger partial charge in [-0.15, -0.1) is 0 Å². The number of fused-ring (bicyclic) bond motifs is 1. The van der Waals surface area contributed by atoms with Crippen molar-refractivity contribution >= 4 is 0 Å². The molecule has 18 heavy (non-hydrogen) atoms. The summed E-state index contributed by atoms with van der Waals surface area (Å²) in [5.41, 5.74) is 0.494. The topological polar surface area (TPSA) is 64.4 Å². The SMILES string of the molecule is N#Cc1ccc(Oc2ccc3c(c2)OCO3)nc1. The summed E-state index contributed by atoms with van der Waals surface area (Å²) in [4.78, 5) is 4.02. The number of hydrogen-bond donors (Lipinski definition) is 0. The third kappa shape index (κ3) is 1.92. The number of aromatic nitrogens is 1. The molecule has 0 N–H and O–H groups in total. The van der Waals surface area contributed by atoms with Crippen LogP contribution in [0.4, 0.5) is 0 Å². The molecule has 1 aliphatic heterocycles. The number of pyridine rings is 1. The van der Waals surface area contributed by atoms with E-state index in [1.54, 1.807) is 30.3 Å². The van der Waals surface area contributed by atoms with Crippen LogP contribution in [-0.4, -0.2) is 11.8 Å². The van der Waals surface area contributed by atoms with E-state index >= 15 is 0 Å². The van der Waals surface area contributed by atoms with Gasteiger partial charge >= 0.3 is 0 Å². The number of hydrogen-bond acceptors (Lipinski definition) is 5. The van der Waals surface area contributed by atoms with Gasteiger partial charge in [-0.1, -0.05) is 0 Å². The van der Waals surface area contributed by atoms with Gasteiger partial charge in [0.15, 0.2) is 11.5 Å². The molecule has 0 atom stereocenters. The van der Waals surface area contributed by atoms with E-state index in [0.717, 1.165) is 0 Å². The summed E-state index contributed by atoms with van der Waals surface area (Å²) in [5.74, 6) is 2.39. The highest BCUT2D eigenvalue weighted by molar-refractivity contribution is 5.47. The fourth-order valence-electron chi connectivity index (χ4n) is 1.57. The molecule has 5 nitrogen and oxygen atoms in total. The van der Waals surface area contributed by atoms with Crippen LogP contribution >= 0.6 is 0 Å². The summed E-state index contributed by atoms with van der Waals surface area (Å²) >= 11 is 0. The number of ether oxygens (including phenoxy) is 3. The average Bonchev–Trinajstić information content (AvgIpc) is 2.87. The van der Waals surface area contributed by atoms with Gasteiger partial charge in [0.1, 0.15) is 11.8 Å². The first-order valence-corrected chi connectivity index (χ1v) is 5.29. The predicted octanol–water partition coefficient (Wildman–Crippen LogP) is 2.47. The second-order valence-corrected chi connectivity index (χ2v) is 3.61. The summed E-state index contributed by atoms with van der Waals surface area (Å²) in [6.07, 6.45) is 1.46. The Morgan fingerprint density at radius 2 is 2.06 bits per heavy atom. The molecular formula is C13H8N2O3. The lowest BCUT2D eigenvalue weighted by atomic mass is 10.3. The zero-order chi connectivity index (χ0) is 12.4. The van der Waals surface area contributed by atoms with Gasteiger partial charge in [-0.05, 0) is 18.2 Å². The standard InChI is InChI=1S/C13H8N2O3/c14-6-9-1-4-13(15-7-9)18-10-2-3-11-12(5-10)17-8-16-11/h1-5,7H,8H2. The van der Waals surface area contributed by atoms with Crippen LogP contribution in [0.2, 0.25) is 0 Å². The monoisotopic (exact) mass is 240 g/mol. The Bertz CT molecular complexity index is 617. The van der Waals surface area contributed by atoms with Crippen molar-refractivity contribution in [2.75, 3.05) is 6.79 Å². The minimum Gasteiger partial charge on any atom is -0.454 e. The number of rotatable bonds is 2. The number of benzene rings is 1. The van der Waals surface area contributed by atoms with Gasteiger partial charge in [0.2, 0.25) is 12.7 Å². The third-order valence-corrected chi connectivity index (χ3v) is 2.43. The van der Waals surface area contributed by atoms with Gasteiger partial charge in [-0.25, -0.2) is 4.98 Å². The highest BCUT2D eigenvalue weighted by Gasteiger charge is 2.14. The highest BCUT2D eigenvalue weighted by Crippen LogP contribution is 2.36. The van der Waals surface area contributed by atoms with Crippen molar-refractivity contribution in [3.63, 3.8) is 0 Å². The molecule has 88 valence electrons. The zero-order valence-electron chi connectivity index (χ0n) is 9.29. The van der Waals surface area contributed by atoms with Gasteiger partial charge in [0.25, 0.3) is 0 Å². The molecule has 0 saturated heterocycles. The van der Waals surface area contributed by atoms with Crippen LogP contribution in [0.5, 0.6) is 23.1 Å². The average molecular weight is 240 g/mol. The first-order valence-electron chi connectivity index (χ1n) is 5.29. The molecule has 0 unspecified atom stereocenters. The van der Waals surface area contributed by atoms with Crippen LogP contribution in [0.15, 0.2) is 36.5 Å². The Labute approximate surface area is 103 Å². The Kier molecular flexibility index (Phi) is 2.47. The fourth-order valence-corrected chi connectivity index (χ4v) is 1.57. The normalized spacial score (nSPS) is 11.9. The minimum atomic E-state index is 0.230. The molecule has 1 aromatic carbocycles. The van der Waals surface area contributed by atoms with Gasteiger partial charge in [-0.2, -0.15) is 5.26 Å². The van der Waals surface area contributed by atoms with Crippen molar-refractivity contribution in [1.29, 1.82) is 5.26 Å². The van der Waals surface area contributed by atoms with Gasteiger partial charge in [0, 0.05) is 18.3 Å². The van der Waals surface area contributed by atoms with E-state index < -0.39 is 0 Å². The first kappa shape index (κ1) is 10.4. The lowest BCUT2D eigenvalue weighted by Crippen LogP contribution is -1.92. The molecule has 1 aliphatic rings. The quantitative estimate of drug-likeness (QED) is 0.806. The second-order valence-electron chi connectivity index (χ2n) is 3.61. The summed E-state index contributed by atoms with van der Waals surface area (Å²) in [6, 6.07) is 10.6. The van der Waals surface area contributed by atoms with Gasteiger partial charge in [0.05, 0.1) is 5.56 Å². The Balaban J connectivity index is 1.81. The molecule has 0 aliphatic carbocycles. The van der Waals surface area contributed by atoms with E-state index in [2.05, 4.69) is 4.98 Å². The molecule has 0 radical (unpaired) electrons. The predicted molar refractivity (Wildman–Crippen MR) is 61.6 cm³/mol. The summed E-state index contributed by atoms with van der Waals surface area (Å²) < 4.78 is 16.0. The van der Waals surface area contributed by atoms with E-state index in [9.17, 15) is 0 Å². The summed E-state index contributed by atoms with van der Waals surface area (Å²) in [7, 11) is 0.